The van der Waals surface area contributed by atoms with Crippen LogP contribution in [0.15, 0.2) is 36.4 Å². The molecule has 0 fully saturated rings. The van der Waals surface area contributed by atoms with Gasteiger partial charge in [-0.05, 0) is 41.5 Å². The Balaban J connectivity index is 1.80. The maximum absolute atomic E-state index is 12.2. The van der Waals surface area contributed by atoms with E-state index in [1.807, 2.05) is 18.2 Å². The quantitative estimate of drug-likeness (QED) is 0.745. The van der Waals surface area contributed by atoms with Crippen molar-refractivity contribution >= 4 is 23.2 Å². The second-order valence-corrected chi connectivity index (χ2v) is 5.11. The van der Waals surface area contributed by atoms with Crippen molar-refractivity contribution in [2.24, 2.45) is 0 Å². The number of anilines is 1. The zero-order valence-corrected chi connectivity index (χ0v) is 11.4. The summed E-state index contributed by atoms with van der Waals surface area (Å²) >= 11 is 5.81. The predicted octanol–water partition coefficient (Wildman–Crippen LogP) is 2.90. The van der Waals surface area contributed by atoms with E-state index in [0.717, 1.165) is 18.7 Å². The van der Waals surface area contributed by atoms with Crippen molar-refractivity contribution in [3.63, 3.8) is 0 Å². The second-order valence-electron chi connectivity index (χ2n) is 4.71. The van der Waals surface area contributed by atoms with E-state index in [1.54, 1.807) is 6.07 Å². The molecule has 1 heterocycles. The highest BCUT2D eigenvalue weighted by Gasteiger charge is 2.13. The molecule has 0 aliphatic carbocycles. The first kappa shape index (κ1) is 13.0. The lowest BCUT2D eigenvalue weighted by Gasteiger charge is -2.07. The average Bonchev–Trinajstić information content (AvgIpc) is 2.90. The maximum Gasteiger partial charge on any atom is 0.255 e. The number of halogens is 1. The lowest BCUT2D eigenvalue weighted by molar-refractivity contribution is 0.102. The summed E-state index contributed by atoms with van der Waals surface area (Å²) in [4.78, 5) is 12.2. The molecule has 0 radical (unpaired) electrons. The molecule has 0 aromatic heterocycles. The molecule has 3 rings (SSSR count). The minimum Gasteiger partial charge on any atom is -0.506 e. The highest BCUT2D eigenvalue weighted by atomic mass is 35.5. The van der Waals surface area contributed by atoms with Crippen molar-refractivity contribution in [3.05, 3.63) is 58.1 Å². The van der Waals surface area contributed by atoms with Crippen molar-refractivity contribution in [1.29, 1.82) is 0 Å². The van der Waals surface area contributed by atoms with Gasteiger partial charge in [-0.25, -0.2) is 0 Å². The van der Waals surface area contributed by atoms with Crippen LogP contribution in [0.4, 0.5) is 5.69 Å². The van der Waals surface area contributed by atoms with Gasteiger partial charge in [-0.15, -0.1) is 0 Å². The summed E-state index contributed by atoms with van der Waals surface area (Å²) in [5.41, 5.74) is 3.55. The van der Waals surface area contributed by atoms with Gasteiger partial charge < -0.3 is 15.7 Å². The first-order valence-electron chi connectivity index (χ1n) is 6.26. The molecule has 3 N–H and O–H groups in total. The van der Waals surface area contributed by atoms with Crippen molar-refractivity contribution in [2.75, 3.05) is 5.32 Å². The standard InChI is InChI=1S/C15H13ClN2O2/c16-13-6-12(3-4-14(13)19)18-15(20)9-1-2-10-7-17-8-11(10)5-9/h1-6,17,19H,7-8H2,(H,18,20). The third-order valence-electron chi connectivity index (χ3n) is 3.30. The molecule has 2 aromatic rings. The number of carbonyl (C=O) groups is 1. The lowest BCUT2D eigenvalue weighted by Crippen LogP contribution is -2.12. The fourth-order valence-electron chi connectivity index (χ4n) is 2.22. The fraction of sp³-hybridized carbons (Fsp3) is 0.133. The molecule has 0 bridgehead atoms. The molecular weight excluding hydrogens is 276 g/mol. The van der Waals surface area contributed by atoms with E-state index in [0.29, 0.717) is 11.3 Å². The summed E-state index contributed by atoms with van der Waals surface area (Å²) in [6, 6.07) is 10.2. The Labute approximate surface area is 121 Å². The third kappa shape index (κ3) is 2.48. The number of carbonyl (C=O) groups excluding carboxylic acids is 1. The second kappa shape index (κ2) is 5.15. The van der Waals surface area contributed by atoms with Crippen LogP contribution in [0.1, 0.15) is 21.5 Å². The van der Waals surface area contributed by atoms with Gasteiger partial charge >= 0.3 is 0 Å². The number of phenolic OH excluding ortho intramolecular Hbond substituents is 1. The predicted molar refractivity (Wildman–Crippen MR) is 78.1 cm³/mol. The highest BCUT2D eigenvalue weighted by Crippen LogP contribution is 2.26. The zero-order valence-electron chi connectivity index (χ0n) is 10.6. The zero-order chi connectivity index (χ0) is 14.1. The highest BCUT2D eigenvalue weighted by molar-refractivity contribution is 6.32. The number of benzene rings is 2. The molecule has 5 heteroatoms. The Hall–Kier alpha value is -2.04. The first-order valence-corrected chi connectivity index (χ1v) is 6.63. The van der Waals surface area contributed by atoms with Gasteiger partial charge in [0.1, 0.15) is 5.75 Å². The first-order chi connectivity index (χ1) is 9.63. The van der Waals surface area contributed by atoms with Crippen LogP contribution in [0.2, 0.25) is 5.02 Å². The van der Waals surface area contributed by atoms with Crippen LogP contribution in [0.25, 0.3) is 0 Å². The molecule has 1 amide bonds. The van der Waals surface area contributed by atoms with Crippen molar-refractivity contribution in [3.8, 4) is 5.75 Å². The summed E-state index contributed by atoms with van der Waals surface area (Å²) < 4.78 is 0. The van der Waals surface area contributed by atoms with Crippen molar-refractivity contribution in [1.82, 2.24) is 5.32 Å². The van der Waals surface area contributed by atoms with Gasteiger partial charge in [0, 0.05) is 24.3 Å². The number of amides is 1. The number of nitrogens with one attached hydrogen (secondary N) is 2. The Morgan fingerprint density at radius 2 is 1.95 bits per heavy atom. The van der Waals surface area contributed by atoms with E-state index >= 15 is 0 Å². The normalized spacial score (nSPS) is 13.1. The van der Waals surface area contributed by atoms with E-state index < -0.39 is 0 Å². The van der Waals surface area contributed by atoms with Crippen molar-refractivity contribution in [2.45, 2.75) is 13.1 Å². The maximum atomic E-state index is 12.2. The van der Waals surface area contributed by atoms with Gasteiger partial charge in [-0.3, -0.25) is 4.79 Å². The van der Waals surface area contributed by atoms with Crippen LogP contribution < -0.4 is 10.6 Å². The lowest BCUT2D eigenvalue weighted by atomic mass is 10.1. The molecule has 0 unspecified atom stereocenters. The van der Waals surface area contributed by atoms with Gasteiger partial charge in [0.15, 0.2) is 0 Å². The average molecular weight is 289 g/mol. The molecular formula is C15H13ClN2O2. The number of rotatable bonds is 2. The Morgan fingerprint density at radius 3 is 2.75 bits per heavy atom. The SMILES string of the molecule is O=C(Nc1ccc(O)c(Cl)c1)c1ccc2c(c1)CNC2. The van der Waals surface area contributed by atoms with Crippen LogP contribution in [0.3, 0.4) is 0 Å². The fourth-order valence-corrected chi connectivity index (χ4v) is 2.40. The topological polar surface area (TPSA) is 61.4 Å². The summed E-state index contributed by atoms with van der Waals surface area (Å²) in [5.74, 6) is -0.199. The van der Waals surface area contributed by atoms with Crippen LogP contribution in [-0.4, -0.2) is 11.0 Å². The van der Waals surface area contributed by atoms with Gasteiger partial charge in [0.25, 0.3) is 5.91 Å². The van der Waals surface area contributed by atoms with E-state index in [4.69, 9.17) is 11.6 Å². The van der Waals surface area contributed by atoms with Crippen LogP contribution in [0.5, 0.6) is 5.75 Å². The summed E-state index contributed by atoms with van der Waals surface area (Å²) in [6.07, 6.45) is 0. The van der Waals surface area contributed by atoms with Gasteiger partial charge in [0.2, 0.25) is 0 Å². The Morgan fingerprint density at radius 1 is 1.15 bits per heavy atom. The minimum absolute atomic E-state index is 0.00623. The van der Waals surface area contributed by atoms with E-state index in [9.17, 15) is 9.90 Å². The minimum atomic E-state index is -0.193. The van der Waals surface area contributed by atoms with E-state index in [1.165, 1.54) is 17.7 Å². The molecule has 1 aliphatic heterocycles. The monoisotopic (exact) mass is 288 g/mol. The molecule has 1 aliphatic rings. The summed E-state index contributed by atoms with van der Waals surface area (Å²) in [7, 11) is 0. The number of fused-ring (bicyclic) bond motifs is 1. The smallest absolute Gasteiger partial charge is 0.255 e. The van der Waals surface area contributed by atoms with Gasteiger partial charge in [-0.1, -0.05) is 17.7 Å². The van der Waals surface area contributed by atoms with Crippen LogP contribution >= 0.6 is 11.6 Å². The van der Waals surface area contributed by atoms with E-state index in [2.05, 4.69) is 10.6 Å². The van der Waals surface area contributed by atoms with E-state index in [-0.39, 0.29) is 16.7 Å². The Kier molecular flexibility index (Phi) is 3.34. The molecule has 0 saturated heterocycles. The summed E-state index contributed by atoms with van der Waals surface area (Å²) in [5, 5.41) is 15.6. The van der Waals surface area contributed by atoms with Gasteiger partial charge in [0.05, 0.1) is 5.02 Å². The van der Waals surface area contributed by atoms with Gasteiger partial charge in [-0.2, -0.15) is 0 Å². The molecule has 0 atom stereocenters. The molecule has 20 heavy (non-hydrogen) atoms. The van der Waals surface area contributed by atoms with Crippen molar-refractivity contribution < 1.29 is 9.90 Å². The summed E-state index contributed by atoms with van der Waals surface area (Å²) in [6.45, 7) is 1.65. The number of phenols is 1. The van der Waals surface area contributed by atoms with Crippen LogP contribution in [-0.2, 0) is 13.1 Å². The molecule has 0 saturated carbocycles. The number of aromatic hydroxyl groups is 1. The van der Waals surface area contributed by atoms with Crippen LogP contribution in [0, 0.1) is 0 Å². The molecule has 102 valence electrons. The Bertz CT molecular complexity index is 686. The number of hydrogen-bond acceptors (Lipinski definition) is 3. The largest absolute Gasteiger partial charge is 0.506 e. The molecule has 4 nitrogen and oxygen atoms in total. The molecule has 0 spiro atoms. The molecule has 2 aromatic carbocycles. The third-order valence-corrected chi connectivity index (χ3v) is 3.61. The number of hydrogen-bond donors (Lipinski definition) is 3.